The Morgan fingerprint density at radius 3 is 2.00 bits per heavy atom. The summed E-state index contributed by atoms with van der Waals surface area (Å²) in [6, 6.07) is 8.41. The van der Waals surface area contributed by atoms with Crippen molar-refractivity contribution in [1.29, 1.82) is 0 Å². The van der Waals surface area contributed by atoms with Gasteiger partial charge in [0, 0.05) is 0 Å². The molecule has 2 heteroatoms. The van der Waals surface area contributed by atoms with Crippen LogP contribution in [0.4, 0.5) is 0 Å². The molecule has 0 saturated heterocycles. The van der Waals surface area contributed by atoms with Crippen LogP contribution >= 0.6 is 19.8 Å². The Hall–Kier alpha value is -0.250. The van der Waals surface area contributed by atoms with Gasteiger partial charge in [0.25, 0.3) is 0 Å². The Labute approximate surface area is 75.1 Å². The molecule has 0 aromatic heterocycles. The van der Waals surface area contributed by atoms with Gasteiger partial charge < -0.3 is 0 Å². The van der Waals surface area contributed by atoms with Crippen LogP contribution in [0.2, 0.25) is 0 Å². The minimum absolute atomic E-state index is 0.771. The molecule has 1 aromatic carbocycles. The molecule has 0 N–H and O–H groups in total. The van der Waals surface area contributed by atoms with Crippen molar-refractivity contribution in [1.82, 2.24) is 0 Å². The van der Waals surface area contributed by atoms with Crippen molar-refractivity contribution in [3.05, 3.63) is 27.8 Å². The van der Waals surface area contributed by atoms with E-state index in [0.717, 1.165) is 5.75 Å². The number of halogens is 1. The normalized spacial score (nSPS) is 11.0. The molecule has 0 bridgehead atoms. The first kappa shape index (κ1) is 8.84. The molecule has 0 aliphatic carbocycles. The van der Waals surface area contributed by atoms with Crippen LogP contribution in [0.1, 0.15) is 0 Å². The zero-order chi connectivity index (χ0) is 8.27. The van der Waals surface area contributed by atoms with Gasteiger partial charge in [0.05, 0.1) is 0 Å². The molecule has 0 heterocycles. The molecule has 0 spiro atoms. The second-order valence-electron chi connectivity index (χ2n) is 2.41. The van der Waals surface area contributed by atoms with Gasteiger partial charge in [0.1, 0.15) is 0 Å². The Morgan fingerprint density at radius 1 is 1.09 bits per heavy atom. The molecular weight excluding hydrogens is 251 g/mol. The van der Waals surface area contributed by atoms with E-state index in [4.69, 9.17) is 4.74 Å². The molecule has 62 valence electrons. The van der Waals surface area contributed by atoms with Gasteiger partial charge in [-0.2, -0.15) is 0 Å². The predicted molar refractivity (Wildman–Crippen MR) is 57.6 cm³/mol. The van der Waals surface area contributed by atoms with E-state index >= 15 is 0 Å². The van der Waals surface area contributed by atoms with Crippen molar-refractivity contribution < 1.29 is 4.74 Å². The van der Waals surface area contributed by atoms with E-state index in [1.54, 1.807) is 7.11 Å². The first-order valence-corrected chi connectivity index (χ1v) is 8.77. The van der Waals surface area contributed by atoms with Gasteiger partial charge >= 0.3 is 75.1 Å². The summed E-state index contributed by atoms with van der Waals surface area (Å²) in [6.45, 7) is 0. The molecule has 0 aliphatic rings. The molecule has 0 unspecified atom stereocenters. The van der Waals surface area contributed by atoms with Crippen LogP contribution in [0, 0.1) is 3.57 Å². The molecule has 1 nitrogen and oxygen atoms in total. The maximum absolute atomic E-state index is 5.07. The zero-order valence-corrected chi connectivity index (χ0v) is 9.25. The van der Waals surface area contributed by atoms with Crippen LogP contribution in [-0.4, -0.2) is 17.0 Å². The second-order valence-corrected chi connectivity index (χ2v) is 7.97. The summed E-state index contributed by atoms with van der Waals surface area (Å²) in [6.07, 6.45) is 0. The predicted octanol–water partition coefficient (Wildman–Crippen LogP) is 2.63. The van der Waals surface area contributed by atoms with Gasteiger partial charge in [-0.25, -0.2) is 0 Å². The molecule has 0 amide bonds. The molecule has 0 atom stereocenters. The number of hydrogen-bond donors (Lipinski definition) is 0. The van der Waals surface area contributed by atoms with Crippen LogP contribution in [0.3, 0.4) is 0 Å². The Balaban J connectivity index is 2.83. The van der Waals surface area contributed by atoms with E-state index in [-0.39, 0.29) is 0 Å². The van der Waals surface area contributed by atoms with Crippen LogP contribution in [0.15, 0.2) is 24.3 Å². The van der Waals surface area contributed by atoms with Crippen molar-refractivity contribution in [2.45, 2.75) is 0 Å². The topological polar surface area (TPSA) is 9.23 Å². The van der Waals surface area contributed by atoms with Gasteiger partial charge in [-0.1, -0.05) is 0 Å². The molecule has 0 saturated carbocycles. The fraction of sp³-hybridized carbons (Fsp3) is 0.333. The number of benzene rings is 1. The maximum atomic E-state index is 5.07. The monoisotopic (exact) mass is 264 g/mol. The van der Waals surface area contributed by atoms with Crippen molar-refractivity contribution in [3.63, 3.8) is 0 Å². The van der Waals surface area contributed by atoms with Gasteiger partial charge in [-0.15, -0.1) is 0 Å². The molecular formula is C9H13IO. The van der Waals surface area contributed by atoms with E-state index < -0.39 is 19.8 Å². The fourth-order valence-corrected chi connectivity index (χ4v) is 2.62. The first-order chi connectivity index (χ1) is 5.24. The average Bonchev–Trinajstić information content (AvgIpc) is 2.05. The summed E-state index contributed by atoms with van der Waals surface area (Å²) in [5, 5.41) is 0. The van der Waals surface area contributed by atoms with Gasteiger partial charge in [0.2, 0.25) is 0 Å². The Morgan fingerprint density at radius 2 is 1.64 bits per heavy atom. The van der Waals surface area contributed by atoms with Crippen LogP contribution in [0.25, 0.3) is 0 Å². The van der Waals surface area contributed by atoms with E-state index in [0.29, 0.717) is 0 Å². The summed E-state index contributed by atoms with van der Waals surface area (Å²) in [4.78, 5) is 4.68. The molecule has 11 heavy (non-hydrogen) atoms. The van der Waals surface area contributed by atoms with E-state index in [1.165, 1.54) is 3.57 Å². The van der Waals surface area contributed by atoms with E-state index in [9.17, 15) is 0 Å². The van der Waals surface area contributed by atoms with Crippen molar-refractivity contribution in [2.75, 3.05) is 17.0 Å². The third-order valence-electron chi connectivity index (χ3n) is 1.49. The third-order valence-corrected chi connectivity index (χ3v) is 4.70. The zero-order valence-electron chi connectivity index (χ0n) is 7.10. The van der Waals surface area contributed by atoms with Crippen molar-refractivity contribution in [2.24, 2.45) is 0 Å². The van der Waals surface area contributed by atoms with Gasteiger partial charge in [-0.3, -0.25) is 0 Å². The van der Waals surface area contributed by atoms with Crippen LogP contribution < -0.4 is 4.74 Å². The molecule has 0 radical (unpaired) electrons. The molecule has 0 fully saturated rings. The quantitative estimate of drug-likeness (QED) is 0.589. The second kappa shape index (κ2) is 3.95. The van der Waals surface area contributed by atoms with Gasteiger partial charge in [-0.05, 0) is 0 Å². The molecule has 1 aromatic rings. The number of ether oxygens (including phenoxy) is 1. The van der Waals surface area contributed by atoms with Gasteiger partial charge in [0.15, 0.2) is 0 Å². The summed E-state index contributed by atoms with van der Waals surface area (Å²) < 4.78 is 6.58. The first-order valence-electron chi connectivity index (χ1n) is 3.38. The summed E-state index contributed by atoms with van der Waals surface area (Å²) in [5.41, 5.74) is 0. The third kappa shape index (κ3) is 2.36. The van der Waals surface area contributed by atoms with Crippen molar-refractivity contribution in [3.8, 4) is 5.75 Å². The van der Waals surface area contributed by atoms with Crippen LogP contribution in [-0.2, 0) is 0 Å². The Kier molecular flexibility index (Phi) is 3.17. The average molecular weight is 264 g/mol. The fourth-order valence-electron chi connectivity index (χ4n) is 0.823. The number of hydrogen-bond acceptors (Lipinski definition) is 1. The Bertz CT molecular complexity index is 216. The summed E-state index contributed by atoms with van der Waals surface area (Å²) in [5.74, 6) is 0.950. The number of rotatable bonds is 2. The SMILES string of the molecule is COc1ccc(I(C)C)cc1. The molecule has 1 rings (SSSR count). The van der Waals surface area contributed by atoms with Crippen molar-refractivity contribution >= 4 is 19.8 Å². The standard InChI is InChI=1S/C9H13IO/c1-10(2)8-4-6-9(11-3)7-5-8/h4-7H,1-3H3. The van der Waals surface area contributed by atoms with E-state index in [2.05, 4.69) is 22.0 Å². The molecule has 0 aliphatic heterocycles. The summed E-state index contributed by atoms with van der Waals surface area (Å²) in [7, 11) is 1.70. The number of methoxy groups -OCH3 is 1. The van der Waals surface area contributed by atoms with Crippen LogP contribution in [0.5, 0.6) is 5.75 Å². The summed E-state index contributed by atoms with van der Waals surface area (Å²) >= 11 is -0.771. The number of alkyl halides is 2. The minimum atomic E-state index is -0.771. The van der Waals surface area contributed by atoms with E-state index in [1.807, 2.05) is 12.1 Å².